The molecule has 0 heterocycles. The maximum Gasteiger partial charge on any atom is 0.540 e. The van der Waals surface area contributed by atoms with Crippen molar-refractivity contribution in [1.82, 2.24) is 0 Å². The van der Waals surface area contributed by atoms with Crippen LogP contribution in [0.4, 0.5) is 0 Å². The molecule has 0 aromatic rings. The number of aliphatic hydroxyl groups is 2. The first-order chi connectivity index (χ1) is 10.2. The van der Waals surface area contributed by atoms with Gasteiger partial charge in [-0.3, -0.25) is 0 Å². The van der Waals surface area contributed by atoms with Crippen LogP contribution in [0.3, 0.4) is 0 Å². The Morgan fingerprint density at radius 1 is 0.909 bits per heavy atom. The molecule has 0 spiro atoms. The lowest BCUT2D eigenvalue weighted by atomic mass is 9.88. The summed E-state index contributed by atoms with van der Waals surface area (Å²) < 4.78 is 23.0. The Hall–Kier alpha value is -0.100. The molecule has 0 radical (unpaired) electrons. The Bertz CT molecular complexity index is 339. The zero-order valence-corrected chi connectivity index (χ0v) is 15.4. The summed E-state index contributed by atoms with van der Waals surface area (Å²) in [6, 6.07) is 0. The van der Waals surface area contributed by atoms with Gasteiger partial charge in [0.05, 0.1) is 32.0 Å². The second-order valence-corrected chi connectivity index (χ2v) is 7.84. The lowest BCUT2D eigenvalue weighted by Crippen LogP contribution is -2.43. The highest BCUT2D eigenvalue weighted by Crippen LogP contribution is 2.40. The van der Waals surface area contributed by atoms with Gasteiger partial charge >= 0.3 is 8.03 Å². The van der Waals surface area contributed by atoms with E-state index in [1.807, 2.05) is 20.8 Å². The molecule has 132 valence electrons. The van der Waals surface area contributed by atoms with Crippen LogP contribution in [-0.4, -0.2) is 52.5 Å². The summed E-state index contributed by atoms with van der Waals surface area (Å²) in [4.78, 5) is 9.39. The number of aliphatic hydroxyl groups excluding tert-OH is 2. The topological polar surface area (TPSA) is 96.2 Å². The van der Waals surface area contributed by atoms with Crippen LogP contribution >= 0.6 is 8.03 Å². The molecule has 0 aliphatic heterocycles. The van der Waals surface area contributed by atoms with Crippen LogP contribution in [0.2, 0.25) is 0 Å². The first kappa shape index (κ1) is 21.9. The third kappa shape index (κ3) is 5.84. The van der Waals surface area contributed by atoms with E-state index in [1.165, 1.54) is 0 Å². The second-order valence-electron chi connectivity index (χ2n) is 6.35. The minimum atomic E-state index is -2.45. The van der Waals surface area contributed by atoms with Crippen LogP contribution in [0.25, 0.3) is 0 Å². The highest BCUT2D eigenvalue weighted by molar-refractivity contribution is 7.39. The van der Waals surface area contributed by atoms with E-state index < -0.39 is 24.4 Å². The number of hydrogen-bond acceptors (Lipinski definition) is 5. The standard InChI is InChI=1S/C15H31O6P/c1-6-13(4,11-21-14(5,7-2)22(18)19)20-12-15(8-3,9-16)10-17/h16-17H,6-12H2,1-5H3/p+1. The zero-order chi connectivity index (χ0) is 17.4. The van der Waals surface area contributed by atoms with Crippen molar-refractivity contribution < 1.29 is 29.1 Å². The van der Waals surface area contributed by atoms with Gasteiger partial charge in [0.1, 0.15) is 0 Å². The van der Waals surface area contributed by atoms with E-state index in [1.54, 1.807) is 13.8 Å². The summed E-state index contributed by atoms with van der Waals surface area (Å²) in [6.07, 6.45) is 1.66. The van der Waals surface area contributed by atoms with Crippen molar-refractivity contribution in [2.45, 2.75) is 64.8 Å². The van der Waals surface area contributed by atoms with E-state index >= 15 is 0 Å². The van der Waals surface area contributed by atoms with Gasteiger partial charge in [-0.25, -0.2) is 0 Å². The monoisotopic (exact) mass is 339 g/mol. The van der Waals surface area contributed by atoms with E-state index in [4.69, 9.17) is 9.47 Å². The van der Waals surface area contributed by atoms with Gasteiger partial charge in [-0.05, 0) is 24.3 Å². The molecule has 0 bridgehead atoms. The maximum absolute atomic E-state index is 11.4. The summed E-state index contributed by atoms with van der Waals surface area (Å²) in [5.74, 6) is 0. The van der Waals surface area contributed by atoms with E-state index in [-0.39, 0.29) is 26.4 Å². The van der Waals surface area contributed by atoms with Crippen LogP contribution < -0.4 is 0 Å². The summed E-state index contributed by atoms with van der Waals surface area (Å²) in [5.41, 5.74) is -1.32. The van der Waals surface area contributed by atoms with Crippen molar-refractivity contribution in [1.29, 1.82) is 0 Å². The predicted molar refractivity (Wildman–Crippen MR) is 86.0 cm³/mol. The lowest BCUT2D eigenvalue weighted by Gasteiger charge is -2.36. The average molecular weight is 339 g/mol. The van der Waals surface area contributed by atoms with E-state index in [0.717, 1.165) is 0 Å². The van der Waals surface area contributed by atoms with Gasteiger partial charge in [0.15, 0.2) is 0 Å². The van der Waals surface area contributed by atoms with Gasteiger partial charge in [0.2, 0.25) is 0 Å². The fourth-order valence-electron chi connectivity index (χ4n) is 1.64. The van der Waals surface area contributed by atoms with Gasteiger partial charge in [0, 0.05) is 18.8 Å². The second kappa shape index (κ2) is 9.26. The van der Waals surface area contributed by atoms with Crippen LogP contribution in [0.5, 0.6) is 0 Å². The summed E-state index contributed by atoms with van der Waals surface area (Å²) in [7, 11) is -2.45. The van der Waals surface area contributed by atoms with Gasteiger partial charge in [0.25, 0.3) is 5.34 Å². The molecule has 0 aliphatic rings. The number of ether oxygens (including phenoxy) is 2. The fourth-order valence-corrected chi connectivity index (χ4v) is 2.09. The average Bonchev–Trinajstić information content (AvgIpc) is 2.54. The van der Waals surface area contributed by atoms with Crippen LogP contribution in [0.15, 0.2) is 0 Å². The van der Waals surface area contributed by atoms with E-state index in [9.17, 15) is 19.7 Å². The van der Waals surface area contributed by atoms with E-state index in [0.29, 0.717) is 19.3 Å². The first-order valence-electron chi connectivity index (χ1n) is 7.82. The highest BCUT2D eigenvalue weighted by atomic mass is 31.1. The molecule has 0 aromatic carbocycles. The Kier molecular flexibility index (Phi) is 9.22. The van der Waals surface area contributed by atoms with Crippen molar-refractivity contribution in [2.24, 2.45) is 5.41 Å². The molecule has 0 saturated heterocycles. The summed E-state index contributed by atoms with van der Waals surface area (Å²) in [5, 5.41) is 17.9. The smallest absolute Gasteiger partial charge is 0.396 e. The molecular formula is C15H32O6P+. The van der Waals surface area contributed by atoms with Crippen molar-refractivity contribution >= 4 is 8.03 Å². The molecule has 0 aliphatic carbocycles. The molecule has 22 heavy (non-hydrogen) atoms. The van der Waals surface area contributed by atoms with Crippen LogP contribution in [-0.2, 0) is 14.0 Å². The van der Waals surface area contributed by atoms with Gasteiger partial charge < -0.3 is 19.7 Å². The maximum atomic E-state index is 11.4. The van der Waals surface area contributed by atoms with Crippen molar-refractivity contribution in [3.05, 3.63) is 0 Å². The molecule has 6 nitrogen and oxygen atoms in total. The number of hydrogen-bond donors (Lipinski definition) is 3. The molecule has 3 atom stereocenters. The molecule has 0 saturated carbocycles. The summed E-state index contributed by atoms with van der Waals surface area (Å²) >= 11 is 0. The molecule has 3 N–H and O–H groups in total. The third-order valence-electron chi connectivity index (χ3n) is 4.64. The molecule has 7 heteroatoms. The predicted octanol–water partition coefficient (Wildman–Crippen LogP) is 2.43. The Balaban J connectivity index is 4.81. The van der Waals surface area contributed by atoms with E-state index in [2.05, 4.69) is 0 Å². The first-order valence-corrected chi connectivity index (χ1v) is 9.03. The van der Waals surface area contributed by atoms with Gasteiger partial charge in [-0.2, -0.15) is 4.89 Å². The minimum absolute atomic E-state index is 0.157. The third-order valence-corrected chi connectivity index (χ3v) is 5.90. The highest BCUT2D eigenvalue weighted by Gasteiger charge is 2.46. The fraction of sp³-hybridized carbons (Fsp3) is 1.00. The van der Waals surface area contributed by atoms with Crippen LogP contribution in [0.1, 0.15) is 53.9 Å². The Morgan fingerprint density at radius 2 is 1.45 bits per heavy atom. The molecule has 0 aromatic heterocycles. The largest absolute Gasteiger partial charge is 0.540 e. The Labute approximate surface area is 134 Å². The lowest BCUT2D eigenvalue weighted by molar-refractivity contribution is -0.146. The molecule has 0 fully saturated rings. The summed E-state index contributed by atoms with van der Waals surface area (Å²) in [6.45, 7) is 9.17. The zero-order valence-electron chi connectivity index (χ0n) is 14.5. The molecule has 0 rings (SSSR count). The molecular weight excluding hydrogens is 307 g/mol. The molecule has 0 amide bonds. The Morgan fingerprint density at radius 3 is 1.77 bits per heavy atom. The van der Waals surface area contributed by atoms with Crippen LogP contribution in [0, 0.1) is 5.41 Å². The minimum Gasteiger partial charge on any atom is -0.396 e. The van der Waals surface area contributed by atoms with Crippen molar-refractivity contribution in [3.63, 3.8) is 0 Å². The molecule has 3 unspecified atom stereocenters. The van der Waals surface area contributed by atoms with Gasteiger partial charge in [-0.15, -0.1) is 0 Å². The van der Waals surface area contributed by atoms with Crippen molar-refractivity contribution in [2.75, 3.05) is 26.4 Å². The normalized spacial score (nSPS) is 18.6. The SMILES string of the molecule is CCC(CO)(CO)COC(C)(CC)COC(C)(CC)[P+](=O)O. The van der Waals surface area contributed by atoms with Gasteiger partial charge in [-0.1, -0.05) is 20.8 Å². The quantitative estimate of drug-likeness (QED) is 0.473. The number of rotatable bonds is 12. The van der Waals surface area contributed by atoms with Crippen molar-refractivity contribution in [3.8, 4) is 0 Å².